The average Bonchev–Trinajstić information content (AvgIpc) is 3.36. The molecule has 0 unspecified atom stereocenters. The molecule has 0 saturated carbocycles. The van der Waals surface area contributed by atoms with E-state index in [-0.39, 0.29) is 18.1 Å². The Bertz CT molecular complexity index is 1420. The maximum atomic E-state index is 12.4. The van der Waals surface area contributed by atoms with Crippen LogP contribution in [-0.4, -0.2) is 28.9 Å². The number of halogens is 1. The number of nitrogens with zero attached hydrogens (tertiary/aromatic N) is 2. The number of amides is 2. The van der Waals surface area contributed by atoms with Crippen molar-refractivity contribution in [3.05, 3.63) is 71.2 Å². The first-order valence-electron chi connectivity index (χ1n) is 9.88. The topological polar surface area (TPSA) is 93.2 Å². The molecule has 3 heterocycles. The standard InChI is InChI=1S/C24H18N4O3S.ClH/c1-13-19(23(30)28-22(13)29)25-21-18-17(14-7-4-3-5-8-14)12-32-24(18)27-20(26-21)15-9-6-10-16(11-15)31-2;/h3-12H,1-2H3,(H2,25,26,27,28,29,30);1H. The molecule has 33 heavy (non-hydrogen) atoms. The minimum atomic E-state index is -0.473. The smallest absolute Gasteiger partial charge is 0.275 e. The van der Waals surface area contributed by atoms with Gasteiger partial charge in [0, 0.05) is 22.1 Å². The van der Waals surface area contributed by atoms with E-state index in [0.29, 0.717) is 23.0 Å². The van der Waals surface area contributed by atoms with E-state index in [9.17, 15) is 9.59 Å². The van der Waals surface area contributed by atoms with E-state index in [0.717, 1.165) is 26.9 Å². The molecule has 5 rings (SSSR count). The highest BCUT2D eigenvalue weighted by Crippen LogP contribution is 2.39. The summed E-state index contributed by atoms with van der Waals surface area (Å²) in [6, 6.07) is 17.4. The number of methoxy groups -OCH3 is 1. The second-order valence-corrected chi connectivity index (χ2v) is 8.09. The summed E-state index contributed by atoms with van der Waals surface area (Å²) in [6.07, 6.45) is 0. The molecule has 166 valence electrons. The third-order valence-electron chi connectivity index (χ3n) is 5.26. The number of benzene rings is 2. The second kappa shape index (κ2) is 9.01. The second-order valence-electron chi connectivity index (χ2n) is 7.23. The monoisotopic (exact) mass is 478 g/mol. The molecular weight excluding hydrogens is 460 g/mol. The van der Waals surface area contributed by atoms with Gasteiger partial charge in [-0.15, -0.1) is 23.7 Å². The molecule has 2 N–H and O–H groups in total. The van der Waals surface area contributed by atoms with Crippen molar-refractivity contribution < 1.29 is 14.3 Å². The zero-order valence-electron chi connectivity index (χ0n) is 17.7. The lowest BCUT2D eigenvalue weighted by Crippen LogP contribution is -2.24. The van der Waals surface area contributed by atoms with Crippen LogP contribution in [0.4, 0.5) is 5.82 Å². The Labute approximate surface area is 199 Å². The Morgan fingerprint density at radius 1 is 0.970 bits per heavy atom. The summed E-state index contributed by atoms with van der Waals surface area (Å²) in [5.41, 5.74) is 3.25. The highest BCUT2D eigenvalue weighted by molar-refractivity contribution is 7.17. The zero-order chi connectivity index (χ0) is 22.2. The molecule has 0 radical (unpaired) electrons. The number of carbonyl (C=O) groups is 2. The van der Waals surface area contributed by atoms with Crippen molar-refractivity contribution in [2.75, 3.05) is 12.4 Å². The van der Waals surface area contributed by atoms with Gasteiger partial charge in [0.25, 0.3) is 11.8 Å². The summed E-state index contributed by atoms with van der Waals surface area (Å²) in [7, 11) is 1.60. The highest BCUT2D eigenvalue weighted by Gasteiger charge is 2.28. The number of imide groups is 1. The average molecular weight is 479 g/mol. The Kier molecular flexibility index (Phi) is 6.13. The van der Waals surface area contributed by atoms with Gasteiger partial charge in [0.2, 0.25) is 0 Å². The van der Waals surface area contributed by atoms with Crippen LogP contribution in [0.5, 0.6) is 5.75 Å². The Hall–Kier alpha value is -3.75. The summed E-state index contributed by atoms with van der Waals surface area (Å²) in [6.45, 7) is 1.61. The van der Waals surface area contributed by atoms with E-state index in [1.54, 1.807) is 14.0 Å². The third kappa shape index (κ3) is 4.06. The fourth-order valence-corrected chi connectivity index (χ4v) is 4.51. The summed E-state index contributed by atoms with van der Waals surface area (Å²) in [5.74, 6) is 0.759. The predicted molar refractivity (Wildman–Crippen MR) is 132 cm³/mol. The maximum absolute atomic E-state index is 12.4. The molecule has 1 aliphatic heterocycles. The third-order valence-corrected chi connectivity index (χ3v) is 6.13. The van der Waals surface area contributed by atoms with Gasteiger partial charge < -0.3 is 10.1 Å². The molecule has 0 atom stereocenters. The first kappa shape index (κ1) is 22.4. The van der Waals surface area contributed by atoms with Crippen LogP contribution < -0.4 is 15.4 Å². The Morgan fingerprint density at radius 2 is 1.73 bits per heavy atom. The molecular formula is C24H19ClN4O3S. The lowest BCUT2D eigenvalue weighted by molar-refractivity contribution is -0.124. The first-order chi connectivity index (χ1) is 15.5. The predicted octanol–water partition coefficient (Wildman–Crippen LogP) is 4.80. The van der Waals surface area contributed by atoms with E-state index in [4.69, 9.17) is 14.7 Å². The van der Waals surface area contributed by atoms with Gasteiger partial charge >= 0.3 is 0 Å². The molecule has 7 nitrogen and oxygen atoms in total. The lowest BCUT2D eigenvalue weighted by Gasteiger charge is -2.11. The van der Waals surface area contributed by atoms with Crippen LogP contribution in [-0.2, 0) is 9.59 Å². The number of nitrogens with one attached hydrogen (secondary N) is 2. The summed E-state index contributed by atoms with van der Waals surface area (Å²) in [4.78, 5) is 34.6. The number of aromatic nitrogens is 2. The van der Waals surface area contributed by atoms with Gasteiger partial charge in [0.15, 0.2) is 5.82 Å². The lowest BCUT2D eigenvalue weighted by atomic mass is 10.1. The van der Waals surface area contributed by atoms with E-state index in [1.165, 1.54) is 11.3 Å². The van der Waals surface area contributed by atoms with Gasteiger partial charge in [-0.3, -0.25) is 14.9 Å². The number of hydrogen-bond donors (Lipinski definition) is 2. The minimum absolute atomic E-state index is 0. The number of anilines is 1. The molecule has 0 fully saturated rings. The number of thiophene rings is 1. The molecule has 4 aromatic rings. The molecule has 0 bridgehead atoms. The van der Waals surface area contributed by atoms with E-state index in [2.05, 4.69) is 10.6 Å². The van der Waals surface area contributed by atoms with E-state index < -0.39 is 11.8 Å². The van der Waals surface area contributed by atoms with Crippen molar-refractivity contribution in [1.29, 1.82) is 0 Å². The van der Waals surface area contributed by atoms with Crippen molar-refractivity contribution in [1.82, 2.24) is 15.3 Å². The quantitative estimate of drug-likeness (QED) is 0.400. The Balaban J connectivity index is 0.00000259. The van der Waals surface area contributed by atoms with Crippen molar-refractivity contribution in [2.24, 2.45) is 0 Å². The van der Waals surface area contributed by atoms with Gasteiger partial charge in [-0.1, -0.05) is 42.5 Å². The van der Waals surface area contributed by atoms with E-state index >= 15 is 0 Å². The maximum Gasteiger partial charge on any atom is 0.275 e. The fourth-order valence-electron chi connectivity index (χ4n) is 3.57. The minimum Gasteiger partial charge on any atom is -0.497 e. The van der Waals surface area contributed by atoms with Crippen LogP contribution in [0.2, 0.25) is 0 Å². The number of fused-ring (bicyclic) bond motifs is 1. The molecule has 1 aliphatic rings. The number of ether oxygens (including phenoxy) is 1. The van der Waals surface area contributed by atoms with Crippen LogP contribution >= 0.6 is 23.7 Å². The molecule has 2 aromatic carbocycles. The van der Waals surface area contributed by atoms with E-state index in [1.807, 2.05) is 60.0 Å². The van der Waals surface area contributed by atoms with Gasteiger partial charge in [-0.2, -0.15) is 0 Å². The van der Waals surface area contributed by atoms with Crippen LogP contribution in [0.1, 0.15) is 6.92 Å². The molecule has 0 saturated heterocycles. The zero-order valence-corrected chi connectivity index (χ0v) is 19.3. The molecule has 0 spiro atoms. The molecule has 0 aliphatic carbocycles. The van der Waals surface area contributed by atoms with Crippen molar-refractivity contribution >= 4 is 51.6 Å². The largest absolute Gasteiger partial charge is 0.497 e. The van der Waals surface area contributed by atoms with Crippen LogP contribution in [0.15, 0.2) is 71.2 Å². The van der Waals surface area contributed by atoms with Crippen molar-refractivity contribution in [2.45, 2.75) is 6.92 Å². The first-order valence-corrected chi connectivity index (χ1v) is 10.8. The number of carbonyl (C=O) groups excluding carboxylic acids is 2. The van der Waals surface area contributed by atoms with Gasteiger partial charge in [0.05, 0.1) is 12.5 Å². The highest BCUT2D eigenvalue weighted by atomic mass is 35.5. The van der Waals surface area contributed by atoms with Crippen molar-refractivity contribution in [3.8, 4) is 28.3 Å². The Morgan fingerprint density at radius 3 is 2.42 bits per heavy atom. The van der Waals surface area contributed by atoms with Crippen LogP contribution in [0.25, 0.3) is 32.7 Å². The molecule has 9 heteroatoms. The summed E-state index contributed by atoms with van der Waals surface area (Å²) < 4.78 is 5.34. The SMILES string of the molecule is COc1cccc(-c2nc(NC3=C(C)C(=O)NC3=O)c3c(-c4ccccc4)csc3n2)c1.Cl. The van der Waals surface area contributed by atoms with Gasteiger partial charge in [-0.05, 0) is 24.6 Å². The number of hydrogen-bond acceptors (Lipinski definition) is 7. The van der Waals surface area contributed by atoms with Gasteiger partial charge in [0.1, 0.15) is 22.1 Å². The summed E-state index contributed by atoms with van der Waals surface area (Å²) in [5, 5.41) is 8.25. The normalized spacial score (nSPS) is 13.2. The van der Waals surface area contributed by atoms with Gasteiger partial charge in [-0.25, -0.2) is 9.97 Å². The van der Waals surface area contributed by atoms with Crippen LogP contribution in [0.3, 0.4) is 0 Å². The molecule has 2 amide bonds. The van der Waals surface area contributed by atoms with Crippen molar-refractivity contribution in [3.63, 3.8) is 0 Å². The molecule has 2 aromatic heterocycles. The summed E-state index contributed by atoms with van der Waals surface area (Å²) >= 11 is 1.50. The fraction of sp³-hybridized carbons (Fsp3) is 0.0833. The number of rotatable bonds is 5. The van der Waals surface area contributed by atoms with Crippen LogP contribution in [0, 0.1) is 0 Å².